The zero-order chi connectivity index (χ0) is 12.7. The zero-order valence-corrected chi connectivity index (χ0v) is 12.9. The second kappa shape index (κ2) is 4.90. The molecule has 1 aliphatic rings. The predicted molar refractivity (Wildman–Crippen MR) is 83.1 cm³/mol. The summed E-state index contributed by atoms with van der Waals surface area (Å²) >= 11 is 8.37. The van der Waals surface area contributed by atoms with Gasteiger partial charge in [0.25, 0.3) is 0 Å². The van der Waals surface area contributed by atoms with Crippen molar-refractivity contribution in [3.05, 3.63) is 23.4 Å². The Bertz CT molecular complexity index is 626. The van der Waals surface area contributed by atoms with Crippen molar-refractivity contribution in [3.63, 3.8) is 0 Å². The fourth-order valence-corrected chi connectivity index (χ4v) is 3.26. The molecule has 18 heavy (non-hydrogen) atoms. The number of anilines is 1. The smallest absolute Gasteiger partial charge is 0.228 e. The van der Waals surface area contributed by atoms with Crippen molar-refractivity contribution in [2.24, 2.45) is 5.92 Å². The highest BCUT2D eigenvalue weighted by Crippen LogP contribution is 2.32. The minimum Gasteiger partial charge on any atom is -0.310 e. The van der Waals surface area contributed by atoms with Crippen molar-refractivity contribution in [1.29, 1.82) is 0 Å². The fraction of sp³-hybridized carbons (Fsp3) is 0.273. The van der Waals surface area contributed by atoms with Gasteiger partial charge in [-0.1, -0.05) is 11.6 Å². The highest BCUT2D eigenvalue weighted by atomic mass is 127. The van der Waals surface area contributed by atoms with Gasteiger partial charge >= 0.3 is 0 Å². The highest BCUT2D eigenvalue weighted by molar-refractivity contribution is 14.2. The molecule has 1 amide bonds. The lowest BCUT2D eigenvalue weighted by Crippen LogP contribution is -2.14. The van der Waals surface area contributed by atoms with Gasteiger partial charge in [0.1, 0.15) is 5.82 Å². The molecule has 0 spiro atoms. The molecule has 0 aromatic carbocycles. The number of carbonyl (C=O) groups is 1. The van der Waals surface area contributed by atoms with E-state index in [4.69, 9.17) is 11.6 Å². The Kier molecular flexibility index (Phi) is 3.42. The van der Waals surface area contributed by atoms with E-state index in [2.05, 4.69) is 31.5 Å². The first-order chi connectivity index (χ1) is 8.69. The Morgan fingerprint density at radius 3 is 3.06 bits per heavy atom. The molecular formula is C11H9ClIN3OS. The predicted octanol–water partition coefficient (Wildman–Crippen LogP) is 3.88. The molecule has 2 aromatic rings. The summed E-state index contributed by atoms with van der Waals surface area (Å²) in [5.74, 6) is 0.722. The molecule has 2 aromatic heterocycles. The largest absolute Gasteiger partial charge is 0.310 e. The van der Waals surface area contributed by atoms with Crippen LogP contribution in [0.3, 0.4) is 0 Å². The SMILES string of the molecule is O=C(Nc1cc(Cl)c2ccn(SI)c2n1)C1CC1. The molecule has 0 atom stereocenters. The van der Waals surface area contributed by atoms with E-state index in [1.807, 2.05) is 16.2 Å². The van der Waals surface area contributed by atoms with Gasteiger partial charge < -0.3 is 5.32 Å². The van der Waals surface area contributed by atoms with Crippen LogP contribution in [0.15, 0.2) is 18.3 Å². The third-order valence-corrected chi connectivity index (χ3v) is 4.88. The molecule has 2 heterocycles. The number of hydrogen-bond donors (Lipinski definition) is 1. The van der Waals surface area contributed by atoms with Gasteiger partial charge in [-0.15, -0.1) is 0 Å². The van der Waals surface area contributed by atoms with Crippen molar-refractivity contribution in [3.8, 4) is 0 Å². The molecule has 94 valence electrons. The molecule has 0 radical (unpaired) electrons. The first-order valence-electron chi connectivity index (χ1n) is 5.46. The molecular weight excluding hydrogens is 385 g/mol. The van der Waals surface area contributed by atoms with Crippen molar-refractivity contribution in [1.82, 2.24) is 8.96 Å². The van der Waals surface area contributed by atoms with Gasteiger partial charge in [0.15, 0.2) is 5.65 Å². The first kappa shape index (κ1) is 12.6. The van der Waals surface area contributed by atoms with Crippen LogP contribution in [0.2, 0.25) is 5.02 Å². The third-order valence-electron chi connectivity index (χ3n) is 2.85. The monoisotopic (exact) mass is 393 g/mol. The van der Waals surface area contributed by atoms with Crippen molar-refractivity contribution in [2.45, 2.75) is 12.8 Å². The fourth-order valence-electron chi connectivity index (χ4n) is 1.74. The van der Waals surface area contributed by atoms with E-state index in [1.54, 1.807) is 6.07 Å². The normalized spacial score (nSPS) is 15.0. The van der Waals surface area contributed by atoms with E-state index >= 15 is 0 Å². The Hall–Kier alpha value is -0.470. The van der Waals surface area contributed by atoms with Crippen molar-refractivity contribution in [2.75, 3.05) is 5.32 Å². The number of halogens is 2. The lowest BCUT2D eigenvalue weighted by atomic mass is 10.3. The van der Waals surface area contributed by atoms with Gasteiger partial charge in [0.05, 0.1) is 5.02 Å². The standard InChI is InChI=1S/C11H9ClIN3OS/c12-8-5-9(15-11(17)6-1-2-6)14-10-7(8)3-4-16(10)18-13/h3-6H,1-2H2,(H,14,15,17). The number of aromatic nitrogens is 2. The van der Waals surface area contributed by atoms with Crippen LogP contribution in [0.4, 0.5) is 5.82 Å². The number of rotatable bonds is 3. The molecule has 7 heteroatoms. The second-order valence-corrected chi connectivity index (χ2v) is 6.32. The number of nitrogens with zero attached hydrogens (tertiary/aromatic N) is 2. The number of hydrogen-bond acceptors (Lipinski definition) is 3. The molecule has 1 aliphatic carbocycles. The lowest BCUT2D eigenvalue weighted by Gasteiger charge is -2.05. The van der Waals surface area contributed by atoms with E-state index in [0.717, 1.165) is 23.9 Å². The summed E-state index contributed by atoms with van der Waals surface area (Å²) in [6.45, 7) is 0. The van der Waals surface area contributed by atoms with E-state index in [1.165, 1.54) is 9.12 Å². The van der Waals surface area contributed by atoms with Crippen LogP contribution in [0.1, 0.15) is 12.8 Å². The van der Waals surface area contributed by atoms with Gasteiger partial charge in [-0.3, -0.25) is 8.77 Å². The molecule has 1 N–H and O–H groups in total. The molecule has 4 nitrogen and oxygen atoms in total. The van der Waals surface area contributed by atoms with Gasteiger partial charge in [-0.05, 0) is 18.9 Å². The van der Waals surface area contributed by atoms with Crippen molar-refractivity contribution < 1.29 is 4.79 Å². The summed E-state index contributed by atoms with van der Waals surface area (Å²) in [6, 6.07) is 3.62. The van der Waals surface area contributed by atoms with Gasteiger partial charge in [0, 0.05) is 53.9 Å². The van der Waals surface area contributed by atoms with Crippen LogP contribution in [0.25, 0.3) is 11.0 Å². The lowest BCUT2D eigenvalue weighted by molar-refractivity contribution is -0.117. The van der Waals surface area contributed by atoms with E-state index in [-0.39, 0.29) is 11.8 Å². The number of amides is 1. The van der Waals surface area contributed by atoms with E-state index < -0.39 is 0 Å². The summed E-state index contributed by atoms with van der Waals surface area (Å²) in [7, 11) is 1.51. The molecule has 1 fully saturated rings. The van der Waals surface area contributed by atoms with Crippen LogP contribution in [-0.2, 0) is 4.79 Å². The van der Waals surface area contributed by atoms with Crippen LogP contribution >= 0.6 is 41.9 Å². The minimum absolute atomic E-state index is 0.0400. The topological polar surface area (TPSA) is 46.9 Å². The molecule has 0 aliphatic heterocycles. The summed E-state index contributed by atoms with van der Waals surface area (Å²) < 4.78 is 1.91. The van der Waals surface area contributed by atoms with E-state index in [0.29, 0.717) is 10.8 Å². The van der Waals surface area contributed by atoms with Gasteiger partial charge in [-0.25, -0.2) is 4.98 Å². The molecule has 0 unspecified atom stereocenters. The second-order valence-electron chi connectivity index (χ2n) is 4.20. The number of fused-ring (bicyclic) bond motifs is 1. The Morgan fingerprint density at radius 2 is 2.39 bits per heavy atom. The van der Waals surface area contributed by atoms with Gasteiger partial charge in [-0.2, -0.15) is 0 Å². The van der Waals surface area contributed by atoms with Crippen LogP contribution in [0, 0.1) is 5.92 Å². The summed E-state index contributed by atoms with van der Waals surface area (Å²) in [6.07, 6.45) is 3.86. The number of carbonyl (C=O) groups excluding carboxylic acids is 1. The maximum atomic E-state index is 11.7. The average molecular weight is 394 g/mol. The molecule has 3 rings (SSSR count). The Labute approximate surface area is 125 Å². The van der Waals surface area contributed by atoms with Crippen LogP contribution in [0.5, 0.6) is 0 Å². The number of pyridine rings is 1. The Balaban J connectivity index is 1.99. The van der Waals surface area contributed by atoms with Crippen molar-refractivity contribution >= 4 is 64.7 Å². The maximum Gasteiger partial charge on any atom is 0.228 e. The van der Waals surface area contributed by atoms with E-state index in [9.17, 15) is 4.79 Å². The van der Waals surface area contributed by atoms with Crippen LogP contribution < -0.4 is 5.32 Å². The summed E-state index contributed by atoms with van der Waals surface area (Å²) in [5.41, 5.74) is 0.771. The zero-order valence-electron chi connectivity index (χ0n) is 9.19. The highest BCUT2D eigenvalue weighted by Gasteiger charge is 2.30. The maximum absolute atomic E-state index is 11.7. The summed E-state index contributed by atoms with van der Waals surface area (Å²) in [4.78, 5) is 16.1. The average Bonchev–Trinajstić information content (AvgIpc) is 3.10. The van der Waals surface area contributed by atoms with Crippen LogP contribution in [-0.4, -0.2) is 14.9 Å². The molecule has 0 saturated heterocycles. The van der Waals surface area contributed by atoms with Gasteiger partial charge in [0.2, 0.25) is 5.91 Å². The number of nitrogens with one attached hydrogen (secondary N) is 1. The quantitative estimate of drug-likeness (QED) is 0.805. The first-order valence-corrected chi connectivity index (χ1v) is 9.16. The Morgan fingerprint density at radius 1 is 1.61 bits per heavy atom. The third kappa shape index (κ3) is 2.33. The minimum atomic E-state index is 0.0400. The molecule has 1 saturated carbocycles. The summed E-state index contributed by atoms with van der Waals surface area (Å²) in [5, 5.41) is 4.32. The molecule has 0 bridgehead atoms.